The summed E-state index contributed by atoms with van der Waals surface area (Å²) in [5.74, 6) is -7.66. The Hall–Kier alpha value is -5.24. The quantitative estimate of drug-likeness (QED) is 0.196. The van der Waals surface area contributed by atoms with Crippen molar-refractivity contribution in [1.29, 1.82) is 0 Å². The summed E-state index contributed by atoms with van der Waals surface area (Å²) >= 11 is 0. The smallest absolute Gasteiger partial charge is 0.414 e. The predicted molar refractivity (Wildman–Crippen MR) is 157 cm³/mol. The molecule has 45 heavy (non-hydrogen) atoms. The van der Waals surface area contributed by atoms with Gasteiger partial charge in [-0.2, -0.15) is 0 Å². The van der Waals surface area contributed by atoms with Crippen LogP contribution in [0.1, 0.15) is 48.3 Å². The van der Waals surface area contributed by atoms with Gasteiger partial charge in [0.1, 0.15) is 18.2 Å². The number of hydrogen-bond acceptors (Lipinski definition) is 8. The van der Waals surface area contributed by atoms with Crippen LogP contribution in [-0.2, 0) is 30.6 Å². The van der Waals surface area contributed by atoms with Crippen LogP contribution in [0, 0.1) is 11.6 Å². The highest BCUT2D eigenvalue weighted by Crippen LogP contribution is 2.30. The minimum atomic E-state index is -1.82. The van der Waals surface area contributed by atoms with Crippen molar-refractivity contribution in [2.45, 2.75) is 38.2 Å². The van der Waals surface area contributed by atoms with Gasteiger partial charge in [0.15, 0.2) is 0 Å². The molecule has 0 saturated carbocycles. The van der Waals surface area contributed by atoms with Gasteiger partial charge in [-0.05, 0) is 60.8 Å². The fraction of sp³-hybridized carbons (Fsp3) is 0.290. The second kappa shape index (κ2) is 19.1. The van der Waals surface area contributed by atoms with Crippen molar-refractivity contribution in [3.8, 4) is 0 Å². The number of nitrogens with zero attached hydrogens (tertiary/aromatic N) is 3. The average Bonchev–Trinajstić information content (AvgIpc) is 3.02. The van der Waals surface area contributed by atoms with Crippen LogP contribution < -0.4 is 0 Å². The van der Waals surface area contributed by atoms with Gasteiger partial charge in [0.25, 0.3) is 0 Å². The molecule has 0 bridgehead atoms. The molecule has 2 heterocycles. The van der Waals surface area contributed by atoms with Gasteiger partial charge in [0, 0.05) is 49.8 Å². The number of likely N-dealkylation sites (tertiary alicyclic amines) is 1. The molecule has 0 spiro atoms. The van der Waals surface area contributed by atoms with Gasteiger partial charge < -0.3 is 30.2 Å². The van der Waals surface area contributed by atoms with Crippen molar-refractivity contribution in [3.05, 3.63) is 101 Å². The van der Waals surface area contributed by atoms with E-state index >= 15 is 0 Å². The number of carboxylic acids is 4. The van der Waals surface area contributed by atoms with Gasteiger partial charge in [-0.3, -0.25) is 4.98 Å². The first-order chi connectivity index (χ1) is 21.5. The maximum absolute atomic E-state index is 13.4. The number of aromatic nitrogens is 1. The molecule has 240 valence electrons. The lowest BCUT2D eigenvalue weighted by Gasteiger charge is -2.28. The normalized spacial score (nSPS) is 12.6. The Morgan fingerprint density at radius 3 is 1.71 bits per heavy atom. The Labute approximate surface area is 257 Å². The Morgan fingerprint density at radius 2 is 1.29 bits per heavy atom. The molecule has 0 radical (unpaired) electrons. The third-order valence-electron chi connectivity index (χ3n) is 6.46. The zero-order chi connectivity index (χ0) is 33.2. The molecule has 12 nitrogen and oxygen atoms in total. The van der Waals surface area contributed by atoms with E-state index < -0.39 is 23.9 Å². The van der Waals surface area contributed by atoms with Crippen molar-refractivity contribution in [1.82, 2.24) is 9.88 Å². The molecule has 0 amide bonds. The van der Waals surface area contributed by atoms with Crippen LogP contribution in [0.2, 0.25) is 0 Å². The van der Waals surface area contributed by atoms with Crippen LogP contribution >= 0.6 is 0 Å². The number of hydrogen-bond donors (Lipinski definition) is 4. The van der Waals surface area contributed by atoms with Gasteiger partial charge in [-0.15, -0.1) is 0 Å². The van der Waals surface area contributed by atoms with E-state index in [1.807, 2.05) is 36.4 Å². The van der Waals surface area contributed by atoms with E-state index in [1.165, 1.54) is 24.3 Å². The van der Waals surface area contributed by atoms with Crippen LogP contribution in [0.5, 0.6) is 0 Å². The molecule has 1 aliphatic rings. The second-order valence-electron chi connectivity index (χ2n) is 9.65. The number of halogens is 2. The molecule has 14 heteroatoms. The molecule has 1 saturated heterocycles. The molecule has 2 aromatic carbocycles. The van der Waals surface area contributed by atoms with Crippen LogP contribution in [0.15, 0.2) is 78.2 Å². The van der Waals surface area contributed by atoms with Crippen molar-refractivity contribution < 1.29 is 53.2 Å². The van der Waals surface area contributed by atoms with E-state index in [-0.39, 0.29) is 17.6 Å². The van der Waals surface area contributed by atoms with E-state index in [1.54, 1.807) is 12.4 Å². The monoisotopic (exact) mass is 629 g/mol. The first-order valence-corrected chi connectivity index (χ1v) is 13.7. The summed E-state index contributed by atoms with van der Waals surface area (Å²) in [6.07, 6.45) is 7.27. The molecule has 3 aromatic rings. The average molecular weight is 630 g/mol. The SMILES string of the molecule is Fc1ccc(C(CCCN2CCC(=NOCc3cccnc3)CC2)c2ccc(F)cc2)cc1.O=C(O)C(=O)O.O=C(O)C(=O)O. The molecule has 0 atom stereocenters. The summed E-state index contributed by atoms with van der Waals surface area (Å²) in [6, 6.07) is 17.2. The topological polar surface area (TPSA) is 187 Å². The second-order valence-corrected chi connectivity index (χ2v) is 9.65. The van der Waals surface area contributed by atoms with E-state index in [4.69, 9.17) is 44.4 Å². The molecule has 1 fully saturated rings. The van der Waals surface area contributed by atoms with Gasteiger partial charge in [-0.1, -0.05) is 35.5 Å². The predicted octanol–water partition coefficient (Wildman–Crippen LogP) is 4.25. The van der Waals surface area contributed by atoms with Gasteiger partial charge >= 0.3 is 23.9 Å². The van der Waals surface area contributed by atoms with E-state index in [2.05, 4.69) is 15.0 Å². The maximum atomic E-state index is 13.4. The fourth-order valence-electron chi connectivity index (χ4n) is 4.24. The lowest BCUT2D eigenvalue weighted by Crippen LogP contribution is -2.34. The Balaban J connectivity index is 0.000000499. The minimum absolute atomic E-state index is 0.119. The van der Waals surface area contributed by atoms with Crippen molar-refractivity contribution in [2.75, 3.05) is 19.6 Å². The number of carbonyl (C=O) groups is 4. The molecule has 0 unspecified atom stereocenters. The summed E-state index contributed by atoms with van der Waals surface area (Å²) in [6.45, 7) is 3.36. The molecule has 4 N–H and O–H groups in total. The molecule has 4 rings (SSSR count). The fourth-order valence-corrected chi connectivity index (χ4v) is 4.24. The zero-order valence-corrected chi connectivity index (χ0v) is 24.1. The van der Waals surface area contributed by atoms with Crippen molar-refractivity contribution >= 4 is 29.6 Å². The van der Waals surface area contributed by atoms with E-state index in [0.29, 0.717) is 6.61 Å². The standard InChI is InChI=1S/C27H29F2N3O.2C2H2O4/c28-24-9-5-22(6-10-24)27(23-7-11-25(29)12-8-23)4-2-16-32-17-13-26(14-18-32)31-33-20-21-3-1-15-30-19-21;2*3-1(4)2(5)6/h1,3,5-12,15,19,27H,2,4,13-14,16-18,20H2;2*(H,3,4)(H,5,6). The highest BCUT2D eigenvalue weighted by Gasteiger charge is 2.18. The summed E-state index contributed by atoms with van der Waals surface area (Å²) in [5.41, 5.74) is 4.23. The van der Waals surface area contributed by atoms with Crippen molar-refractivity contribution in [3.63, 3.8) is 0 Å². The van der Waals surface area contributed by atoms with Crippen LogP contribution in [0.3, 0.4) is 0 Å². The molecular weight excluding hydrogens is 596 g/mol. The lowest BCUT2D eigenvalue weighted by atomic mass is 9.87. The van der Waals surface area contributed by atoms with Gasteiger partial charge in [-0.25, -0.2) is 28.0 Å². The first kappa shape index (κ1) is 36.0. The number of pyridine rings is 1. The zero-order valence-electron chi connectivity index (χ0n) is 24.1. The summed E-state index contributed by atoms with van der Waals surface area (Å²) in [5, 5.41) is 33.9. The highest BCUT2D eigenvalue weighted by atomic mass is 19.1. The molecular formula is C31H33F2N3O9. The van der Waals surface area contributed by atoms with Crippen molar-refractivity contribution in [2.24, 2.45) is 5.16 Å². The van der Waals surface area contributed by atoms with E-state index in [9.17, 15) is 8.78 Å². The number of benzene rings is 2. The Morgan fingerprint density at radius 1 is 0.800 bits per heavy atom. The largest absolute Gasteiger partial charge is 0.473 e. The Bertz CT molecular complexity index is 1320. The van der Waals surface area contributed by atoms with Gasteiger partial charge in [0.05, 0.1) is 5.71 Å². The number of piperidine rings is 1. The summed E-state index contributed by atoms with van der Waals surface area (Å²) in [4.78, 5) is 48.4. The van der Waals surface area contributed by atoms with E-state index in [0.717, 1.165) is 67.7 Å². The first-order valence-electron chi connectivity index (χ1n) is 13.7. The third kappa shape index (κ3) is 14.2. The van der Waals surface area contributed by atoms with Crippen LogP contribution in [-0.4, -0.2) is 79.5 Å². The van der Waals surface area contributed by atoms with Gasteiger partial charge in [0.2, 0.25) is 0 Å². The Kier molecular flexibility index (Phi) is 15.3. The third-order valence-corrected chi connectivity index (χ3v) is 6.46. The van der Waals surface area contributed by atoms with Crippen LogP contribution in [0.25, 0.3) is 0 Å². The lowest BCUT2D eigenvalue weighted by molar-refractivity contribution is -0.159. The number of carboxylic acid groups (broad SMARTS) is 4. The highest BCUT2D eigenvalue weighted by molar-refractivity contribution is 6.27. The number of oxime groups is 1. The number of rotatable bonds is 9. The summed E-state index contributed by atoms with van der Waals surface area (Å²) < 4.78 is 26.8. The number of aliphatic carboxylic acids is 4. The minimum Gasteiger partial charge on any atom is -0.473 e. The molecule has 1 aromatic heterocycles. The van der Waals surface area contributed by atoms with Crippen LogP contribution in [0.4, 0.5) is 8.78 Å². The molecule has 0 aliphatic carbocycles. The summed E-state index contributed by atoms with van der Waals surface area (Å²) in [7, 11) is 0. The maximum Gasteiger partial charge on any atom is 0.414 e. The molecule has 1 aliphatic heterocycles.